The fourth-order valence-corrected chi connectivity index (χ4v) is 2.14. The van der Waals surface area contributed by atoms with E-state index in [1.165, 1.54) is 0 Å². The minimum Gasteiger partial charge on any atom is -0.357 e. The Bertz CT molecular complexity index is 632. The van der Waals surface area contributed by atoms with Crippen molar-refractivity contribution in [3.8, 4) is 0 Å². The Labute approximate surface area is 158 Å². The van der Waals surface area contributed by atoms with Gasteiger partial charge in [-0.3, -0.25) is 0 Å². The van der Waals surface area contributed by atoms with E-state index in [0.29, 0.717) is 24.2 Å². The second kappa shape index (κ2) is 10.4. The number of benzene rings is 1. The summed E-state index contributed by atoms with van der Waals surface area (Å²) in [6.07, 6.45) is 0.823. The third kappa shape index (κ3) is 6.74. The number of rotatable bonds is 6. The summed E-state index contributed by atoms with van der Waals surface area (Å²) in [5.74, 6) is 1.83. The van der Waals surface area contributed by atoms with Crippen LogP contribution in [0.1, 0.15) is 24.2 Å². The fraction of sp³-hybridized carbons (Fsp3) is 0.400. The van der Waals surface area contributed by atoms with Gasteiger partial charge in [-0.1, -0.05) is 35.0 Å². The van der Waals surface area contributed by atoms with E-state index in [9.17, 15) is 0 Å². The highest BCUT2D eigenvalue weighted by Crippen LogP contribution is 2.14. The lowest BCUT2D eigenvalue weighted by molar-refractivity contribution is 0.376. The maximum absolute atomic E-state index is 6.14. The third-order valence-electron chi connectivity index (χ3n) is 2.93. The zero-order valence-electron chi connectivity index (χ0n) is 13.2. The Morgan fingerprint density at radius 3 is 2.74 bits per heavy atom. The van der Waals surface area contributed by atoms with Crippen molar-refractivity contribution in [2.75, 3.05) is 13.1 Å². The average Bonchev–Trinajstić information content (AvgIpc) is 2.92. The van der Waals surface area contributed by atoms with Crippen LogP contribution in [0.15, 0.2) is 33.8 Å². The number of aliphatic imine (C=N–C) groups is 1. The average molecular weight is 450 g/mol. The minimum atomic E-state index is 0. The first-order chi connectivity index (χ1) is 10.7. The van der Waals surface area contributed by atoms with Gasteiger partial charge >= 0.3 is 0 Å². The number of hydrogen-bond acceptors (Lipinski definition) is 4. The third-order valence-corrected chi connectivity index (χ3v) is 3.30. The van der Waals surface area contributed by atoms with Crippen LogP contribution in [-0.4, -0.2) is 29.2 Å². The van der Waals surface area contributed by atoms with E-state index < -0.39 is 0 Å². The topological polar surface area (TPSA) is 75.3 Å². The van der Waals surface area contributed by atoms with E-state index in [2.05, 4.69) is 25.8 Å². The van der Waals surface area contributed by atoms with Crippen LogP contribution in [0.4, 0.5) is 0 Å². The molecule has 0 amide bonds. The molecule has 0 radical (unpaired) electrons. The van der Waals surface area contributed by atoms with Crippen LogP contribution in [0, 0.1) is 6.92 Å². The summed E-state index contributed by atoms with van der Waals surface area (Å²) in [4.78, 5) is 8.54. The first-order valence-corrected chi connectivity index (χ1v) is 7.61. The molecule has 23 heavy (non-hydrogen) atoms. The summed E-state index contributed by atoms with van der Waals surface area (Å²) in [7, 11) is 0. The van der Waals surface area contributed by atoms with Crippen molar-refractivity contribution in [2.45, 2.75) is 26.8 Å². The molecule has 1 heterocycles. The molecular formula is C15H21ClIN5O. The fourth-order valence-electron chi connectivity index (χ4n) is 1.91. The number of nitrogens with one attached hydrogen (secondary N) is 2. The van der Waals surface area contributed by atoms with Crippen LogP contribution in [-0.2, 0) is 13.0 Å². The van der Waals surface area contributed by atoms with E-state index in [1.807, 2.05) is 31.2 Å². The van der Waals surface area contributed by atoms with Gasteiger partial charge in [-0.25, -0.2) is 4.99 Å². The van der Waals surface area contributed by atoms with Crippen molar-refractivity contribution in [2.24, 2.45) is 4.99 Å². The predicted molar refractivity (Wildman–Crippen MR) is 102 cm³/mol. The van der Waals surface area contributed by atoms with Crippen molar-refractivity contribution < 1.29 is 4.52 Å². The van der Waals surface area contributed by atoms with E-state index in [-0.39, 0.29) is 24.0 Å². The molecule has 0 aliphatic carbocycles. The Morgan fingerprint density at radius 1 is 1.30 bits per heavy atom. The monoisotopic (exact) mass is 449 g/mol. The normalized spacial score (nSPS) is 11.0. The largest absolute Gasteiger partial charge is 0.357 e. The van der Waals surface area contributed by atoms with Gasteiger partial charge in [0, 0.05) is 18.1 Å². The van der Waals surface area contributed by atoms with Gasteiger partial charge in [0.05, 0.1) is 0 Å². The Kier molecular flexibility index (Phi) is 8.93. The Hall–Kier alpha value is -1.35. The molecule has 0 aliphatic heterocycles. The van der Waals surface area contributed by atoms with E-state index in [1.54, 1.807) is 6.92 Å². The quantitative estimate of drug-likeness (QED) is 0.403. The predicted octanol–water partition coefficient (Wildman–Crippen LogP) is 2.95. The SMILES string of the molecule is CCNC(=NCc1nc(C)no1)NCCc1ccccc1Cl.I. The van der Waals surface area contributed by atoms with E-state index in [0.717, 1.165) is 30.1 Å². The molecule has 2 rings (SSSR count). The number of aromatic nitrogens is 2. The molecular weight excluding hydrogens is 429 g/mol. The molecule has 6 nitrogen and oxygen atoms in total. The minimum absolute atomic E-state index is 0. The van der Waals surface area contributed by atoms with Crippen LogP contribution < -0.4 is 10.6 Å². The van der Waals surface area contributed by atoms with Crippen molar-refractivity contribution in [1.82, 2.24) is 20.8 Å². The molecule has 2 aromatic rings. The van der Waals surface area contributed by atoms with Gasteiger partial charge in [0.2, 0.25) is 5.89 Å². The summed E-state index contributed by atoms with van der Waals surface area (Å²) in [6.45, 7) is 5.66. The molecule has 0 aliphatic rings. The molecule has 0 atom stereocenters. The lowest BCUT2D eigenvalue weighted by Crippen LogP contribution is -2.38. The second-order valence-electron chi connectivity index (χ2n) is 4.70. The number of nitrogens with zero attached hydrogens (tertiary/aromatic N) is 3. The Morgan fingerprint density at radius 2 is 2.09 bits per heavy atom. The molecule has 2 N–H and O–H groups in total. The van der Waals surface area contributed by atoms with Crippen LogP contribution in [0.3, 0.4) is 0 Å². The molecule has 0 spiro atoms. The molecule has 0 fully saturated rings. The van der Waals surface area contributed by atoms with Crippen LogP contribution in [0.2, 0.25) is 5.02 Å². The molecule has 126 valence electrons. The van der Waals surface area contributed by atoms with Gasteiger partial charge in [0.15, 0.2) is 11.8 Å². The van der Waals surface area contributed by atoms with Crippen LogP contribution >= 0.6 is 35.6 Å². The van der Waals surface area contributed by atoms with Gasteiger partial charge in [-0.2, -0.15) is 4.98 Å². The molecule has 1 aromatic carbocycles. The summed E-state index contributed by atoms with van der Waals surface area (Å²) >= 11 is 6.14. The summed E-state index contributed by atoms with van der Waals surface area (Å²) in [5, 5.41) is 11.0. The lowest BCUT2D eigenvalue weighted by atomic mass is 10.1. The summed E-state index contributed by atoms with van der Waals surface area (Å²) < 4.78 is 5.04. The first-order valence-electron chi connectivity index (χ1n) is 7.24. The highest BCUT2D eigenvalue weighted by atomic mass is 127. The number of halogens is 2. The smallest absolute Gasteiger partial charge is 0.248 e. The van der Waals surface area contributed by atoms with Crippen LogP contribution in [0.25, 0.3) is 0 Å². The molecule has 0 bridgehead atoms. The zero-order valence-corrected chi connectivity index (χ0v) is 16.3. The zero-order chi connectivity index (χ0) is 15.8. The maximum atomic E-state index is 6.14. The number of aryl methyl sites for hydroxylation is 1. The van der Waals surface area contributed by atoms with E-state index in [4.69, 9.17) is 16.1 Å². The van der Waals surface area contributed by atoms with E-state index >= 15 is 0 Å². The van der Waals surface area contributed by atoms with Gasteiger partial charge < -0.3 is 15.2 Å². The van der Waals surface area contributed by atoms with Crippen LogP contribution in [0.5, 0.6) is 0 Å². The van der Waals surface area contributed by atoms with Gasteiger partial charge in [0.1, 0.15) is 6.54 Å². The van der Waals surface area contributed by atoms with Gasteiger partial charge in [0.25, 0.3) is 0 Å². The molecule has 0 saturated carbocycles. The Balaban J connectivity index is 0.00000264. The first kappa shape index (κ1) is 19.7. The lowest BCUT2D eigenvalue weighted by Gasteiger charge is -2.11. The highest BCUT2D eigenvalue weighted by Gasteiger charge is 2.04. The number of guanidine groups is 1. The van der Waals surface area contributed by atoms with Gasteiger partial charge in [-0.15, -0.1) is 24.0 Å². The molecule has 1 aromatic heterocycles. The van der Waals surface area contributed by atoms with Crippen molar-refractivity contribution >= 4 is 41.5 Å². The van der Waals surface area contributed by atoms with Crippen molar-refractivity contribution in [3.63, 3.8) is 0 Å². The number of hydrogen-bond donors (Lipinski definition) is 2. The van der Waals surface area contributed by atoms with Gasteiger partial charge in [-0.05, 0) is 31.9 Å². The molecule has 0 unspecified atom stereocenters. The van der Waals surface area contributed by atoms with Crippen molar-refractivity contribution in [1.29, 1.82) is 0 Å². The second-order valence-corrected chi connectivity index (χ2v) is 5.11. The standard InChI is InChI=1S/C15H20ClN5O.HI/c1-3-17-15(19-10-14-20-11(2)21-22-14)18-9-8-12-6-4-5-7-13(12)16;/h4-7H,3,8-10H2,1-2H3,(H2,17,18,19);1H. The maximum Gasteiger partial charge on any atom is 0.248 e. The van der Waals surface area contributed by atoms with Crippen molar-refractivity contribution in [3.05, 3.63) is 46.6 Å². The highest BCUT2D eigenvalue weighted by molar-refractivity contribution is 14.0. The molecule has 8 heteroatoms. The summed E-state index contributed by atoms with van der Waals surface area (Å²) in [6, 6.07) is 7.83. The molecule has 0 saturated heterocycles. The summed E-state index contributed by atoms with van der Waals surface area (Å²) in [5.41, 5.74) is 1.11.